The summed E-state index contributed by atoms with van der Waals surface area (Å²) in [7, 11) is -4.00. The van der Waals surface area contributed by atoms with Gasteiger partial charge in [-0.15, -0.1) is 0 Å². The molecule has 0 aliphatic carbocycles. The van der Waals surface area contributed by atoms with Crippen LogP contribution < -0.4 is 9.62 Å². The first-order valence-corrected chi connectivity index (χ1v) is 12.9. The van der Waals surface area contributed by atoms with Crippen molar-refractivity contribution >= 4 is 50.5 Å². The van der Waals surface area contributed by atoms with Crippen LogP contribution in [-0.2, 0) is 16.6 Å². The lowest BCUT2D eigenvalue weighted by Crippen LogP contribution is -2.32. The number of para-hydroxylation sites is 1. The molecule has 0 saturated carbocycles. The number of rotatable bonds is 7. The molecule has 0 unspecified atom stereocenters. The number of carbonyl (C=O) groups is 1. The van der Waals surface area contributed by atoms with Crippen LogP contribution in [0.15, 0.2) is 102 Å². The fourth-order valence-corrected chi connectivity index (χ4v) is 5.31. The molecule has 0 aliphatic rings. The van der Waals surface area contributed by atoms with E-state index in [0.29, 0.717) is 15.7 Å². The van der Waals surface area contributed by atoms with Gasteiger partial charge in [-0.3, -0.25) is 9.10 Å². The lowest BCUT2D eigenvalue weighted by atomic mass is 10.1. The lowest BCUT2D eigenvalue weighted by Gasteiger charge is -2.26. The van der Waals surface area contributed by atoms with Gasteiger partial charge in [0, 0.05) is 5.69 Å². The van der Waals surface area contributed by atoms with E-state index in [-0.39, 0.29) is 22.7 Å². The molecule has 0 heterocycles. The summed E-state index contributed by atoms with van der Waals surface area (Å²) in [6, 6.07) is 27.2. The van der Waals surface area contributed by atoms with Crippen molar-refractivity contribution in [3.05, 3.63) is 124 Å². The highest BCUT2D eigenvalue weighted by molar-refractivity contribution is 7.92. The van der Waals surface area contributed by atoms with Crippen LogP contribution in [-0.4, -0.2) is 14.3 Å². The molecule has 5 nitrogen and oxygen atoms in total. The number of nitrogens with zero attached hydrogens (tertiary/aromatic N) is 1. The number of aryl methyl sites for hydroxylation is 1. The number of amides is 1. The quantitative estimate of drug-likeness (QED) is 0.284. The Balaban J connectivity index is 1.78. The van der Waals surface area contributed by atoms with Gasteiger partial charge >= 0.3 is 0 Å². The van der Waals surface area contributed by atoms with Crippen LogP contribution in [0.1, 0.15) is 21.5 Å². The number of hydrogen-bond acceptors (Lipinski definition) is 3. The Bertz CT molecular complexity index is 1460. The van der Waals surface area contributed by atoms with Gasteiger partial charge in [0.1, 0.15) is 0 Å². The van der Waals surface area contributed by atoms with Crippen LogP contribution >= 0.6 is 23.2 Å². The first-order chi connectivity index (χ1) is 16.8. The average Bonchev–Trinajstić information content (AvgIpc) is 2.85. The molecule has 4 rings (SSSR count). The van der Waals surface area contributed by atoms with Gasteiger partial charge in [0.25, 0.3) is 15.9 Å². The largest absolute Gasteiger partial charge is 0.322 e. The van der Waals surface area contributed by atoms with Crippen molar-refractivity contribution in [3.8, 4) is 0 Å². The minimum Gasteiger partial charge on any atom is -0.322 e. The number of carbonyl (C=O) groups excluding carboxylic acids is 1. The van der Waals surface area contributed by atoms with Crippen molar-refractivity contribution in [2.75, 3.05) is 9.62 Å². The number of halogens is 2. The SMILES string of the molecule is Cc1ccc(S(=O)(=O)N(Cc2ccccc2)c2ccccc2C(=O)Nc2ccc(Cl)c(Cl)c2)cc1. The van der Waals surface area contributed by atoms with Crippen LogP contribution in [0.4, 0.5) is 11.4 Å². The van der Waals surface area contributed by atoms with Gasteiger partial charge in [-0.05, 0) is 55.0 Å². The average molecular weight is 525 g/mol. The van der Waals surface area contributed by atoms with Crippen LogP contribution in [0.3, 0.4) is 0 Å². The second kappa shape index (κ2) is 10.5. The fraction of sp³-hybridized carbons (Fsp3) is 0.0741. The Kier molecular flexibility index (Phi) is 7.45. The highest BCUT2D eigenvalue weighted by Crippen LogP contribution is 2.31. The first kappa shape index (κ1) is 24.8. The predicted molar refractivity (Wildman–Crippen MR) is 142 cm³/mol. The first-order valence-electron chi connectivity index (χ1n) is 10.7. The Morgan fingerprint density at radius 1 is 0.829 bits per heavy atom. The minimum absolute atomic E-state index is 0.0497. The Hall–Kier alpha value is -3.32. The second-order valence-corrected chi connectivity index (χ2v) is 10.6. The van der Waals surface area contributed by atoms with E-state index < -0.39 is 15.9 Å². The van der Waals surface area contributed by atoms with Crippen LogP contribution in [0.5, 0.6) is 0 Å². The van der Waals surface area contributed by atoms with Gasteiger partial charge < -0.3 is 5.32 Å². The summed E-state index contributed by atoms with van der Waals surface area (Å²) >= 11 is 12.1. The van der Waals surface area contributed by atoms with E-state index in [2.05, 4.69) is 5.32 Å². The molecule has 178 valence electrons. The molecule has 8 heteroatoms. The smallest absolute Gasteiger partial charge is 0.264 e. The molecule has 0 radical (unpaired) electrons. The molecule has 1 amide bonds. The van der Waals surface area contributed by atoms with Crippen LogP contribution in [0.25, 0.3) is 0 Å². The molecule has 35 heavy (non-hydrogen) atoms. The molecule has 0 atom stereocenters. The number of hydrogen-bond donors (Lipinski definition) is 1. The molecular weight excluding hydrogens is 503 g/mol. The highest BCUT2D eigenvalue weighted by atomic mass is 35.5. The summed E-state index contributed by atoms with van der Waals surface area (Å²) in [5, 5.41) is 3.44. The van der Waals surface area contributed by atoms with Gasteiger partial charge in [0.15, 0.2) is 0 Å². The third-order valence-electron chi connectivity index (χ3n) is 5.37. The summed E-state index contributed by atoms with van der Waals surface area (Å²) < 4.78 is 28.9. The zero-order valence-corrected chi connectivity index (χ0v) is 21.1. The summed E-state index contributed by atoms with van der Waals surface area (Å²) in [6.07, 6.45) is 0. The van der Waals surface area contributed by atoms with Crippen molar-refractivity contribution in [2.45, 2.75) is 18.4 Å². The maximum Gasteiger partial charge on any atom is 0.264 e. The Morgan fingerprint density at radius 2 is 1.49 bits per heavy atom. The number of sulfonamides is 1. The standard InChI is InChI=1S/C27H22Cl2N2O3S/c1-19-11-14-22(15-12-19)35(33,34)31(18-20-7-3-2-4-8-20)26-10-6-5-9-23(26)27(32)30-21-13-16-24(28)25(29)17-21/h2-17H,18H2,1H3,(H,30,32). The third-order valence-corrected chi connectivity index (χ3v) is 7.89. The molecular formula is C27H22Cl2N2O3S. The number of anilines is 2. The molecule has 0 aromatic heterocycles. The van der Waals surface area contributed by atoms with Gasteiger partial charge in [0.05, 0.1) is 32.7 Å². The summed E-state index contributed by atoms with van der Waals surface area (Å²) in [5.74, 6) is -0.476. The monoisotopic (exact) mass is 524 g/mol. The topological polar surface area (TPSA) is 66.5 Å². The van der Waals surface area contributed by atoms with Crippen LogP contribution in [0, 0.1) is 6.92 Å². The van der Waals surface area contributed by atoms with Gasteiger partial charge in [-0.2, -0.15) is 0 Å². The molecule has 4 aromatic rings. The molecule has 0 aliphatic heterocycles. The molecule has 4 aromatic carbocycles. The van der Waals surface area contributed by atoms with Gasteiger partial charge in [-0.1, -0.05) is 83.4 Å². The summed E-state index contributed by atoms with van der Waals surface area (Å²) in [5.41, 5.74) is 2.62. The Morgan fingerprint density at radius 3 is 2.17 bits per heavy atom. The number of benzene rings is 4. The zero-order chi connectivity index (χ0) is 25.0. The van der Waals surface area contributed by atoms with E-state index in [9.17, 15) is 13.2 Å². The van der Waals surface area contributed by atoms with Gasteiger partial charge in [-0.25, -0.2) is 8.42 Å². The van der Waals surface area contributed by atoms with Crippen molar-refractivity contribution < 1.29 is 13.2 Å². The van der Waals surface area contributed by atoms with Crippen molar-refractivity contribution in [2.24, 2.45) is 0 Å². The normalized spacial score (nSPS) is 11.2. The molecule has 0 saturated heterocycles. The minimum atomic E-state index is -4.00. The highest BCUT2D eigenvalue weighted by Gasteiger charge is 2.28. The molecule has 0 fully saturated rings. The maximum absolute atomic E-state index is 13.8. The van der Waals surface area contributed by atoms with E-state index in [1.807, 2.05) is 37.3 Å². The van der Waals surface area contributed by atoms with E-state index in [0.717, 1.165) is 11.1 Å². The molecule has 1 N–H and O–H groups in total. The summed E-state index contributed by atoms with van der Waals surface area (Å²) in [6.45, 7) is 1.94. The predicted octanol–water partition coefficient (Wildman–Crippen LogP) is 6.95. The van der Waals surface area contributed by atoms with Crippen molar-refractivity contribution in [3.63, 3.8) is 0 Å². The second-order valence-electron chi connectivity index (χ2n) is 7.91. The van der Waals surface area contributed by atoms with E-state index in [4.69, 9.17) is 23.2 Å². The third kappa shape index (κ3) is 5.68. The van der Waals surface area contributed by atoms with E-state index in [1.165, 1.54) is 10.4 Å². The molecule has 0 bridgehead atoms. The fourth-order valence-electron chi connectivity index (χ4n) is 3.54. The maximum atomic E-state index is 13.8. The van der Waals surface area contributed by atoms with Crippen LogP contribution in [0.2, 0.25) is 10.0 Å². The van der Waals surface area contributed by atoms with Crippen molar-refractivity contribution in [1.82, 2.24) is 0 Å². The van der Waals surface area contributed by atoms with E-state index >= 15 is 0 Å². The zero-order valence-electron chi connectivity index (χ0n) is 18.8. The Labute approximate surface area is 215 Å². The van der Waals surface area contributed by atoms with E-state index in [1.54, 1.807) is 60.7 Å². The molecule has 0 spiro atoms. The van der Waals surface area contributed by atoms with Crippen molar-refractivity contribution in [1.29, 1.82) is 0 Å². The van der Waals surface area contributed by atoms with Gasteiger partial charge in [0.2, 0.25) is 0 Å². The number of nitrogens with one attached hydrogen (secondary N) is 1. The summed E-state index contributed by atoms with van der Waals surface area (Å²) in [4.78, 5) is 13.4. The lowest BCUT2D eigenvalue weighted by molar-refractivity contribution is 0.102.